The fourth-order valence-corrected chi connectivity index (χ4v) is 2.66. The molecular formula is C15H30N2O. The summed E-state index contributed by atoms with van der Waals surface area (Å²) < 4.78 is 0. The lowest BCUT2D eigenvalue weighted by Crippen LogP contribution is -2.44. The Labute approximate surface area is 112 Å². The second-order valence-corrected chi connectivity index (χ2v) is 5.69. The molecule has 0 aliphatic heterocycles. The molecule has 18 heavy (non-hydrogen) atoms. The predicted molar refractivity (Wildman–Crippen MR) is 76.6 cm³/mol. The van der Waals surface area contributed by atoms with Crippen molar-refractivity contribution in [3.05, 3.63) is 0 Å². The third-order valence-corrected chi connectivity index (χ3v) is 4.16. The Morgan fingerprint density at radius 2 is 1.78 bits per heavy atom. The molecule has 0 heterocycles. The number of carbonyl (C=O) groups excluding carboxylic acids is 1. The number of hydrogen-bond acceptors (Lipinski definition) is 2. The van der Waals surface area contributed by atoms with Crippen molar-refractivity contribution in [2.45, 2.75) is 64.8 Å². The van der Waals surface area contributed by atoms with Gasteiger partial charge in [-0.25, -0.2) is 0 Å². The van der Waals surface area contributed by atoms with Gasteiger partial charge in [0.15, 0.2) is 0 Å². The largest absolute Gasteiger partial charge is 0.345 e. The number of hydrogen-bond donors (Lipinski definition) is 1. The maximum absolute atomic E-state index is 11.9. The first-order valence-electron chi connectivity index (χ1n) is 7.63. The molecule has 0 aromatic heterocycles. The van der Waals surface area contributed by atoms with Crippen LogP contribution in [0.25, 0.3) is 0 Å². The van der Waals surface area contributed by atoms with E-state index < -0.39 is 0 Å². The summed E-state index contributed by atoms with van der Waals surface area (Å²) in [6.07, 6.45) is 9.59. The molecule has 1 rings (SSSR count). The van der Waals surface area contributed by atoms with Crippen LogP contribution in [0, 0.1) is 5.92 Å². The van der Waals surface area contributed by atoms with E-state index in [1.165, 1.54) is 44.9 Å². The molecule has 3 nitrogen and oxygen atoms in total. The average Bonchev–Trinajstić information content (AvgIpc) is 2.35. The Balaban J connectivity index is 2.27. The zero-order valence-corrected chi connectivity index (χ0v) is 12.4. The summed E-state index contributed by atoms with van der Waals surface area (Å²) in [5, 5.41) is 3.42. The summed E-state index contributed by atoms with van der Waals surface area (Å²) in [5.41, 5.74) is 0. The fourth-order valence-electron chi connectivity index (χ4n) is 2.66. The number of amides is 1. The number of nitrogens with zero attached hydrogens (tertiary/aromatic N) is 1. The molecule has 1 aliphatic carbocycles. The molecule has 106 valence electrons. The van der Waals surface area contributed by atoms with Crippen LogP contribution in [0.2, 0.25) is 0 Å². The molecule has 1 saturated carbocycles. The quantitative estimate of drug-likeness (QED) is 0.818. The van der Waals surface area contributed by atoms with Crippen LogP contribution in [0.4, 0.5) is 0 Å². The second kappa shape index (κ2) is 8.52. The summed E-state index contributed by atoms with van der Waals surface area (Å²) in [6, 6.07) is -0.0413. The summed E-state index contributed by atoms with van der Waals surface area (Å²) in [7, 11) is 1.87. The lowest BCUT2D eigenvalue weighted by atomic mass is 9.91. The summed E-state index contributed by atoms with van der Waals surface area (Å²) in [6.45, 7) is 5.79. The van der Waals surface area contributed by atoms with Crippen LogP contribution in [0.15, 0.2) is 0 Å². The molecule has 1 amide bonds. The number of likely N-dealkylation sites (N-methyl/N-ethyl adjacent to an activating group) is 1. The van der Waals surface area contributed by atoms with Crippen LogP contribution < -0.4 is 5.32 Å². The molecule has 0 bridgehead atoms. The van der Waals surface area contributed by atoms with Gasteiger partial charge in [-0.2, -0.15) is 0 Å². The van der Waals surface area contributed by atoms with E-state index in [1.54, 1.807) is 4.90 Å². The van der Waals surface area contributed by atoms with Gasteiger partial charge in [0.1, 0.15) is 0 Å². The Morgan fingerprint density at radius 3 is 2.33 bits per heavy atom. The maximum atomic E-state index is 11.9. The van der Waals surface area contributed by atoms with E-state index >= 15 is 0 Å². The Hall–Kier alpha value is -0.570. The first-order valence-corrected chi connectivity index (χ1v) is 7.63. The summed E-state index contributed by atoms with van der Waals surface area (Å²) in [5.74, 6) is 0.982. The van der Waals surface area contributed by atoms with Gasteiger partial charge in [0, 0.05) is 13.6 Å². The van der Waals surface area contributed by atoms with Gasteiger partial charge in [0.25, 0.3) is 0 Å². The lowest BCUT2D eigenvalue weighted by Gasteiger charge is -2.24. The van der Waals surface area contributed by atoms with Crippen molar-refractivity contribution in [1.29, 1.82) is 0 Å². The number of rotatable bonds is 5. The van der Waals surface area contributed by atoms with Crippen molar-refractivity contribution < 1.29 is 4.79 Å². The molecule has 0 spiro atoms. The highest BCUT2D eigenvalue weighted by Gasteiger charge is 2.18. The van der Waals surface area contributed by atoms with E-state index in [1.807, 2.05) is 20.9 Å². The van der Waals surface area contributed by atoms with Gasteiger partial charge in [-0.15, -0.1) is 0 Å². The first kappa shape index (κ1) is 15.5. The van der Waals surface area contributed by atoms with Gasteiger partial charge >= 0.3 is 0 Å². The molecule has 0 aromatic carbocycles. The van der Waals surface area contributed by atoms with Crippen LogP contribution in [0.3, 0.4) is 0 Å². The van der Waals surface area contributed by atoms with Crippen LogP contribution in [-0.2, 0) is 4.79 Å². The van der Waals surface area contributed by atoms with Crippen LogP contribution in [-0.4, -0.2) is 37.0 Å². The summed E-state index contributed by atoms with van der Waals surface area (Å²) >= 11 is 0. The molecule has 0 radical (unpaired) electrons. The smallest absolute Gasteiger partial charge is 0.239 e. The SMILES string of the molecule is CCN(C)C(=O)C(C)NCC1CCCCCCC1. The van der Waals surface area contributed by atoms with Gasteiger partial charge in [-0.1, -0.05) is 32.1 Å². The zero-order valence-electron chi connectivity index (χ0n) is 12.4. The molecule has 1 fully saturated rings. The number of nitrogens with one attached hydrogen (secondary N) is 1. The highest BCUT2D eigenvalue weighted by Crippen LogP contribution is 2.21. The fraction of sp³-hybridized carbons (Fsp3) is 0.933. The van der Waals surface area contributed by atoms with Crippen LogP contribution in [0.5, 0.6) is 0 Å². The van der Waals surface area contributed by atoms with Gasteiger partial charge < -0.3 is 10.2 Å². The third-order valence-electron chi connectivity index (χ3n) is 4.16. The number of carbonyl (C=O) groups is 1. The standard InChI is InChI=1S/C15H30N2O/c1-4-17(3)15(18)13(2)16-12-14-10-8-6-5-7-9-11-14/h13-14,16H,4-12H2,1-3H3. The van der Waals surface area contributed by atoms with Crippen LogP contribution >= 0.6 is 0 Å². The monoisotopic (exact) mass is 254 g/mol. The summed E-state index contributed by atoms with van der Waals surface area (Å²) in [4.78, 5) is 13.7. The van der Waals surface area contributed by atoms with E-state index in [0.717, 1.165) is 19.0 Å². The van der Waals surface area contributed by atoms with Crippen LogP contribution in [0.1, 0.15) is 58.8 Å². The molecule has 1 atom stereocenters. The Bertz CT molecular complexity index is 235. The molecule has 1 unspecified atom stereocenters. The molecule has 0 aromatic rings. The highest BCUT2D eigenvalue weighted by atomic mass is 16.2. The van der Waals surface area contributed by atoms with Crippen molar-refractivity contribution in [3.8, 4) is 0 Å². The lowest BCUT2D eigenvalue weighted by molar-refractivity contribution is -0.131. The van der Waals surface area contributed by atoms with Gasteiger partial charge in [0.05, 0.1) is 6.04 Å². The molecule has 1 aliphatic rings. The van der Waals surface area contributed by atoms with E-state index in [-0.39, 0.29) is 11.9 Å². The van der Waals surface area contributed by atoms with Crippen molar-refractivity contribution in [2.75, 3.05) is 20.1 Å². The van der Waals surface area contributed by atoms with E-state index in [0.29, 0.717) is 0 Å². The Kier molecular flexibility index (Phi) is 7.33. The molecule has 0 saturated heterocycles. The zero-order chi connectivity index (χ0) is 13.4. The highest BCUT2D eigenvalue weighted by molar-refractivity contribution is 5.81. The van der Waals surface area contributed by atoms with Crippen molar-refractivity contribution >= 4 is 5.91 Å². The second-order valence-electron chi connectivity index (χ2n) is 5.69. The minimum Gasteiger partial charge on any atom is -0.345 e. The average molecular weight is 254 g/mol. The minimum atomic E-state index is -0.0413. The van der Waals surface area contributed by atoms with E-state index in [9.17, 15) is 4.79 Å². The maximum Gasteiger partial charge on any atom is 0.239 e. The normalized spacial score (nSPS) is 19.9. The predicted octanol–water partition coefficient (Wildman–Crippen LogP) is 2.80. The van der Waals surface area contributed by atoms with E-state index in [2.05, 4.69) is 5.32 Å². The topological polar surface area (TPSA) is 32.3 Å². The van der Waals surface area contributed by atoms with Crippen molar-refractivity contribution in [2.24, 2.45) is 5.92 Å². The van der Waals surface area contributed by atoms with E-state index in [4.69, 9.17) is 0 Å². The van der Waals surface area contributed by atoms with Crippen molar-refractivity contribution in [3.63, 3.8) is 0 Å². The Morgan fingerprint density at radius 1 is 1.22 bits per heavy atom. The van der Waals surface area contributed by atoms with Gasteiger partial charge in [0.2, 0.25) is 5.91 Å². The molecule has 3 heteroatoms. The third kappa shape index (κ3) is 5.38. The minimum absolute atomic E-state index is 0.0413. The first-order chi connectivity index (χ1) is 8.65. The van der Waals surface area contributed by atoms with Gasteiger partial charge in [-0.3, -0.25) is 4.79 Å². The van der Waals surface area contributed by atoms with Gasteiger partial charge in [-0.05, 0) is 39.2 Å². The molecular weight excluding hydrogens is 224 g/mol. The molecule has 1 N–H and O–H groups in total. The van der Waals surface area contributed by atoms with Crippen molar-refractivity contribution in [1.82, 2.24) is 10.2 Å².